The summed E-state index contributed by atoms with van der Waals surface area (Å²) in [5.74, 6) is 0.857. The molecule has 2 N–H and O–H groups in total. The van der Waals surface area contributed by atoms with Crippen molar-refractivity contribution in [3.05, 3.63) is 53.7 Å². The van der Waals surface area contributed by atoms with E-state index in [0.717, 1.165) is 32.0 Å². The molecule has 3 aromatic heterocycles. The summed E-state index contributed by atoms with van der Waals surface area (Å²) in [5, 5.41) is 12.4. The summed E-state index contributed by atoms with van der Waals surface area (Å²) in [6.45, 7) is 4.30. The highest BCUT2D eigenvalue weighted by Gasteiger charge is 2.19. The Morgan fingerprint density at radius 2 is 1.94 bits per heavy atom. The molecule has 0 amide bonds. The number of rotatable bonds is 5. The van der Waals surface area contributed by atoms with Crippen LogP contribution in [0.15, 0.2) is 42.9 Å². The molecule has 8 nitrogen and oxygen atoms in total. The van der Waals surface area contributed by atoms with E-state index >= 15 is 0 Å². The quantitative estimate of drug-likeness (QED) is 0.492. The number of piperazine rings is 1. The van der Waals surface area contributed by atoms with Gasteiger partial charge in [-0.1, -0.05) is 17.7 Å². The third-order valence-corrected chi connectivity index (χ3v) is 5.82. The van der Waals surface area contributed by atoms with Crippen molar-refractivity contribution in [1.29, 1.82) is 0 Å². The van der Waals surface area contributed by atoms with Gasteiger partial charge in [-0.05, 0) is 24.3 Å². The van der Waals surface area contributed by atoms with Crippen LogP contribution in [-0.4, -0.2) is 68.7 Å². The number of hydrogen-bond acceptors (Lipinski definition) is 7. The number of benzene rings is 1. The van der Waals surface area contributed by atoms with Crippen molar-refractivity contribution in [2.24, 2.45) is 0 Å². The van der Waals surface area contributed by atoms with Gasteiger partial charge in [0, 0.05) is 32.7 Å². The number of fused-ring (bicyclic) bond motifs is 3. The molecule has 31 heavy (non-hydrogen) atoms. The van der Waals surface area contributed by atoms with Gasteiger partial charge in [0.25, 0.3) is 0 Å². The minimum absolute atomic E-state index is 0.171. The van der Waals surface area contributed by atoms with Crippen LogP contribution in [0.4, 0.5) is 21.7 Å². The number of nitrogens with zero attached hydrogens (tertiary/aromatic N) is 6. The molecule has 1 aromatic carbocycles. The first-order valence-corrected chi connectivity index (χ1v) is 10.4. The first-order chi connectivity index (χ1) is 15.1. The summed E-state index contributed by atoms with van der Waals surface area (Å²) in [6, 6.07) is 8.37. The molecule has 10 heteroatoms. The highest BCUT2D eigenvalue weighted by atomic mass is 35.5. The Balaban J connectivity index is 1.50. The van der Waals surface area contributed by atoms with Gasteiger partial charge in [0.05, 0.1) is 23.5 Å². The first-order valence-electron chi connectivity index (χ1n) is 10.1. The van der Waals surface area contributed by atoms with Crippen molar-refractivity contribution in [2.45, 2.75) is 0 Å². The van der Waals surface area contributed by atoms with E-state index in [1.165, 1.54) is 6.07 Å². The lowest BCUT2D eigenvalue weighted by molar-refractivity contribution is 0.188. The molecule has 0 saturated carbocycles. The van der Waals surface area contributed by atoms with Crippen molar-refractivity contribution in [3.8, 4) is 0 Å². The summed E-state index contributed by atoms with van der Waals surface area (Å²) in [4.78, 5) is 18.2. The standard InChI is InChI=1S/C21H21ClFN7O/c22-14-2-1-3-15(23)19(14)27-20-17-12-24-13-30(17)21-16(25-20)4-5-18(26-21)29-8-6-28(7-9-29)10-11-31/h1-5,12-13,31H,6-11H2,(H,25,27). The lowest BCUT2D eigenvalue weighted by Gasteiger charge is -2.35. The third kappa shape index (κ3) is 3.76. The van der Waals surface area contributed by atoms with Gasteiger partial charge >= 0.3 is 0 Å². The van der Waals surface area contributed by atoms with Crippen LogP contribution in [0.3, 0.4) is 0 Å². The second-order valence-corrected chi connectivity index (χ2v) is 7.80. The fourth-order valence-corrected chi connectivity index (χ4v) is 4.07. The highest BCUT2D eigenvalue weighted by Crippen LogP contribution is 2.30. The molecule has 1 saturated heterocycles. The van der Waals surface area contributed by atoms with Gasteiger partial charge in [0.15, 0.2) is 11.5 Å². The maximum absolute atomic E-state index is 14.3. The van der Waals surface area contributed by atoms with Crippen LogP contribution in [0.5, 0.6) is 0 Å². The Morgan fingerprint density at radius 1 is 1.10 bits per heavy atom. The van der Waals surface area contributed by atoms with E-state index in [0.29, 0.717) is 29.0 Å². The van der Waals surface area contributed by atoms with Crippen LogP contribution < -0.4 is 10.2 Å². The zero-order chi connectivity index (χ0) is 21.4. The van der Waals surface area contributed by atoms with Crippen molar-refractivity contribution < 1.29 is 9.50 Å². The van der Waals surface area contributed by atoms with Gasteiger partial charge in [-0.25, -0.2) is 19.3 Å². The van der Waals surface area contributed by atoms with Gasteiger partial charge in [0.2, 0.25) is 0 Å². The van der Waals surface area contributed by atoms with Crippen molar-refractivity contribution in [3.63, 3.8) is 0 Å². The second-order valence-electron chi connectivity index (χ2n) is 7.40. The van der Waals surface area contributed by atoms with E-state index in [9.17, 15) is 4.39 Å². The van der Waals surface area contributed by atoms with E-state index in [-0.39, 0.29) is 17.3 Å². The summed E-state index contributed by atoms with van der Waals surface area (Å²) in [5.41, 5.74) is 2.17. The smallest absolute Gasteiger partial charge is 0.166 e. The first kappa shape index (κ1) is 19.9. The second kappa shape index (κ2) is 8.26. The van der Waals surface area contributed by atoms with Crippen molar-refractivity contribution in [2.75, 3.05) is 49.5 Å². The number of halogens is 2. The lowest BCUT2D eigenvalue weighted by atomic mass is 10.3. The number of aromatic nitrogens is 4. The minimum atomic E-state index is -0.458. The predicted molar refractivity (Wildman–Crippen MR) is 119 cm³/mol. The molecule has 5 rings (SSSR count). The molecule has 1 aliphatic heterocycles. The Bertz CT molecular complexity index is 1220. The normalized spacial score (nSPS) is 15.1. The number of aliphatic hydroxyl groups is 1. The Kier molecular flexibility index (Phi) is 5.31. The third-order valence-electron chi connectivity index (χ3n) is 5.50. The zero-order valence-corrected chi connectivity index (χ0v) is 17.4. The Hall–Kier alpha value is -3.01. The SMILES string of the molecule is OCCN1CCN(c2ccc3nc(Nc4c(F)cccc4Cl)c4cncn4c3n2)CC1. The number of β-amino-alcohol motifs (C(OH)–C–C–N with tert-alkyl or cyclic N) is 1. The number of nitrogens with one attached hydrogen (secondary N) is 1. The molecule has 4 aromatic rings. The van der Waals surface area contributed by atoms with Crippen molar-refractivity contribution >= 4 is 45.6 Å². The lowest BCUT2D eigenvalue weighted by Crippen LogP contribution is -2.47. The van der Waals surface area contributed by atoms with Crippen molar-refractivity contribution in [1.82, 2.24) is 24.3 Å². The molecule has 1 fully saturated rings. The molecular weight excluding hydrogens is 421 g/mol. The van der Waals surface area contributed by atoms with E-state index < -0.39 is 5.82 Å². The summed E-state index contributed by atoms with van der Waals surface area (Å²) in [7, 11) is 0. The number of pyridine rings is 1. The largest absolute Gasteiger partial charge is 0.395 e. The average Bonchev–Trinajstić information content (AvgIpc) is 3.27. The fraction of sp³-hybridized carbons (Fsp3) is 0.286. The van der Waals surface area contributed by atoms with Gasteiger partial charge in [0.1, 0.15) is 29.0 Å². The monoisotopic (exact) mass is 441 g/mol. The molecule has 0 bridgehead atoms. The summed E-state index contributed by atoms with van der Waals surface area (Å²) >= 11 is 6.17. The van der Waals surface area contributed by atoms with E-state index in [1.807, 2.05) is 16.5 Å². The van der Waals surface area contributed by atoms with E-state index in [4.69, 9.17) is 21.7 Å². The Morgan fingerprint density at radius 3 is 2.71 bits per heavy atom. The van der Waals surface area contributed by atoms with Crippen LogP contribution in [0.2, 0.25) is 5.02 Å². The van der Waals surface area contributed by atoms with Crippen LogP contribution in [0, 0.1) is 5.82 Å². The van der Waals surface area contributed by atoms with Crippen LogP contribution in [-0.2, 0) is 0 Å². The maximum Gasteiger partial charge on any atom is 0.166 e. The van der Waals surface area contributed by atoms with E-state index in [2.05, 4.69) is 25.1 Å². The topological polar surface area (TPSA) is 81.8 Å². The van der Waals surface area contributed by atoms with Gasteiger partial charge in [-0.2, -0.15) is 0 Å². The van der Waals surface area contributed by atoms with Gasteiger partial charge in [-0.15, -0.1) is 0 Å². The number of anilines is 3. The molecule has 160 valence electrons. The maximum atomic E-state index is 14.3. The molecule has 0 aliphatic carbocycles. The van der Waals surface area contributed by atoms with Gasteiger partial charge in [-0.3, -0.25) is 9.30 Å². The molecule has 0 atom stereocenters. The molecule has 4 heterocycles. The number of aliphatic hydroxyl groups excluding tert-OH is 1. The zero-order valence-electron chi connectivity index (χ0n) is 16.7. The average molecular weight is 442 g/mol. The van der Waals surface area contributed by atoms with Crippen LogP contribution in [0.25, 0.3) is 16.7 Å². The number of hydrogen-bond donors (Lipinski definition) is 2. The molecule has 0 spiro atoms. The predicted octanol–water partition coefficient (Wildman–Crippen LogP) is 2.93. The number of imidazole rings is 1. The minimum Gasteiger partial charge on any atom is -0.395 e. The summed E-state index contributed by atoms with van der Waals surface area (Å²) in [6.07, 6.45) is 3.33. The Labute approximate surface area is 182 Å². The molecular formula is C21H21ClFN7O. The molecule has 0 unspecified atom stereocenters. The number of para-hydroxylation sites is 1. The van der Waals surface area contributed by atoms with Crippen LogP contribution in [0.1, 0.15) is 0 Å². The van der Waals surface area contributed by atoms with Gasteiger partial charge < -0.3 is 15.3 Å². The highest BCUT2D eigenvalue weighted by molar-refractivity contribution is 6.33. The molecule has 1 aliphatic rings. The summed E-state index contributed by atoms with van der Waals surface area (Å²) < 4.78 is 16.1. The van der Waals surface area contributed by atoms with Crippen LogP contribution >= 0.6 is 11.6 Å². The fourth-order valence-electron chi connectivity index (χ4n) is 3.86. The molecule has 0 radical (unpaired) electrons. The van der Waals surface area contributed by atoms with E-state index in [1.54, 1.807) is 24.7 Å².